The summed E-state index contributed by atoms with van der Waals surface area (Å²) >= 11 is 0. The highest BCUT2D eigenvalue weighted by Gasteiger charge is 2.26. The van der Waals surface area contributed by atoms with Crippen molar-refractivity contribution in [3.63, 3.8) is 0 Å². The van der Waals surface area contributed by atoms with Gasteiger partial charge in [-0.05, 0) is 44.9 Å². The van der Waals surface area contributed by atoms with Crippen molar-refractivity contribution in [3.8, 4) is 0 Å². The molecule has 2 atom stereocenters. The standard InChI is InChI=1S/C17H20F2N2O2/c1-5-13(16-10(3)21-23-11(16)4)17(22)20-9(2)12-6-7-14(18)15(19)8-12/h6-9,13H,5H2,1-4H3,(H,20,22)/t9-,13+/m1/s1. The molecular weight excluding hydrogens is 302 g/mol. The Balaban J connectivity index is 2.17. The highest BCUT2D eigenvalue weighted by Crippen LogP contribution is 2.27. The number of carbonyl (C=O) groups excluding carboxylic acids is 1. The Morgan fingerprint density at radius 2 is 2.00 bits per heavy atom. The van der Waals surface area contributed by atoms with Crippen LogP contribution in [0.4, 0.5) is 8.78 Å². The summed E-state index contributed by atoms with van der Waals surface area (Å²) in [5.41, 5.74) is 1.97. The van der Waals surface area contributed by atoms with E-state index in [0.717, 1.165) is 17.7 Å². The monoisotopic (exact) mass is 322 g/mol. The first-order valence-electron chi connectivity index (χ1n) is 7.53. The number of nitrogens with zero attached hydrogens (tertiary/aromatic N) is 1. The molecule has 0 radical (unpaired) electrons. The third-order valence-corrected chi connectivity index (χ3v) is 3.96. The van der Waals surface area contributed by atoms with E-state index in [4.69, 9.17) is 4.52 Å². The second-order valence-electron chi connectivity index (χ2n) is 5.60. The number of hydrogen-bond donors (Lipinski definition) is 1. The van der Waals surface area contributed by atoms with E-state index >= 15 is 0 Å². The molecule has 0 spiro atoms. The number of aromatic nitrogens is 1. The molecule has 1 heterocycles. The maximum atomic E-state index is 13.3. The van der Waals surface area contributed by atoms with Crippen molar-refractivity contribution in [2.45, 2.75) is 46.1 Å². The van der Waals surface area contributed by atoms with Crippen molar-refractivity contribution < 1.29 is 18.1 Å². The summed E-state index contributed by atoms with van der Waals surface area (Å²) in [5.74, 6) is -1.81. The van der Waals surface area contributed by atoms with Gasteiger partial charge in [-0.15, -0.1) is 0 Å². The lowest BCUT2D eigenvalue weighted by molar-refractivity contribution is -0.123. The quantitative estimate of drug-likeness (QED) is 0.907. The summed E-state index contributed by atoms with van der Waals surface area (Å²) in [7, 11) is 0. The number of hydrogen-bond acceptors (Lipinski definition) is 3. The van der Waals surface area contributed by atoms with Crippen LogP contribution in [0.1, 0.15) is 54.8 Å². The maximum absolute atomic E-state index is 13.3. The number of nitrogens with one attached hydrogen (secondary N) is 1. The van der Waals surface area contributed by atoms with Crippen LogP contribution < -0.4 is 5.32 Å². The fourth-order valence-corrected chi connectivity index (χ4v) is 2.69. The average molecular weight is 322 g/mol. The van der Waals surface area contributed by atoms with Crippen molar-refractivity contribution in [3.05, 3.63) is 52.4 Å². The second-order valence-corrected chi connectivity index (χ2v) is 5.60. The third-order valence-electron chi connectivity index (χ3n) is 3.96. The van der Waals surface area contributed by atoms with E-state index in [1.807, 2.05) is 6.92 Å². The molecule has 0 unspecified atom stereocenters. The van der Waals surface area contributed by atoms with Crippen LogP contribution in [0, 0.1) is 25.5 Å². The summed E-state index contributed by atoms with van der Waals surface area (Å²) < 4.78 is 31.5. The topological polar surface area (TPSA) is 55.1 Å². The molecule has 23 heavy (non-hydrogen) atoms. The van der Waals surface area contributed by atoms with E-state index in [0.29, 0.717) is 23.4 Å². The van der Waals surface area contributed by atoms with Gasteiger partial charge in [0.25, 0.3) is 0 Å². The maximum Gasteiger partial charge on any atom is 0.228 e. The molecular formula is C17H20F2N2O2. The van der Waals surface area contributed by atoms with Gasteiger partial charge >= 0.3 is 0 Å². The molecule has 0 aliphatic rings. The molecule has 0 saturated heterocycles. The highest BCUT2D eigenvalue weighted by atomic mass is 19.2. The molecule has 2 rings (SSSR count). The zero-order chi connectivity index (χ0) is 17.1. The molecule has 1 aromatic carbocycles. The lowest BCUT2D eigenvalue weighted by Crippen LogP contribution is -2.32. The van der Waals surface area contributed by atoms with E-state index in [1.165, 1.54) is 6.07 Å². The minimum atomic E-state index is -0.929. The van der Waals surface area contributed by atoms with Crippen molar-refractivity contribution in [2.75, 3.05) is 0 Å². The summed E-state index contributed by atoms with van der Waals surface area (Å²) in [6.07, 6.45) is 0.583. The number of aryl methyl sites for hydroxylation is 2. The number of amides is 1. The van der Waals surface area contributed by atoms with E-state index in [2.05, 4.69) is 10.5 Å². The van der Waals surface area contributed by atoms with Crippen LogP contribution in [0.2, 0.25) is 0 Å². The average Bonchev–Trinajstić information content (AvgIpc) is 2.83. The van der Waals surface area contributed by atoms with Crippen molar-refractivity contribution in [2.24, 2.45) is 0 Å². The molecule has 1 aromatic heterocycles. The summed E-state index contributed by atoms with van der Waals surface area (Å²) in [6.45, 7) is 7.19. The van der Waals surface area contributed by atoms with E-state index in [-0.39, 0.29) is 5.91 Å². The molecule has 0 aliphatic carbocycles. The number of rotatable bonds is 5. The van der Waals surface area contributed by atoms with E-state index < -0.39 is 23.6 Å². The molecule has 0 aliphatic heterocycles. The van der Waals surface area contributed by atoms with Gasteiger partial charge in [-0.2, -0.15) is 0 Å². The molecule has 4 nitrogen and oxygen atoms in total. The highest BCUT2D eigenvalue weighted by molar-refractivity contribution is 5.84. The second kappa shape index (κ2) is 6.89. The molecule has 0 bridgehead atoms. The Morgan fingerprint density at radius 3 is 2.52 bits per heavy atom. The van der Waals surface area contributed by atoms with Crippen LogP contribution >= 0.6 is 0 Å². The molecule has 0 fully saturated rings. The molecule has 0 saturated carbocycles. The lowest BCUT2D eigenvalue weighted by atomic mass is 9.93. The Labute approximate surface area is 133 Å². The van der Waals surface area contributed by atoms with Crippen LogP contribution in [-0.2, 0) is 4.79 Å². The van der Waals surface area contributed by atoms with Crippen LogP contribution in [-0.4, -0.2) is 11.1 Å². The first-order valence-corrected chi connectivity index (χ1v) is 7.53. The number of halogens is 2. The third kappa shape index (κ3) is 3.57. The Hall–Kier alpha value is -2.24. The van der Waals surface area contributed by atoms with Crippen molar-refractivity contribution >= 4 is 5.91 Å². The Morgan fingerprint density at radius 1 is 1.30 bits per heavy atom. The van der Waals surface area contributed by atoms with Gasteiger partial charge in [0.1, 0.15) is 5.76 Å². The predicted molar refractivity (Wildman–Crippen MR) is 81.9 cm³/mol. The van der Waals surface area contributed by atoms with E-state index in [1.54, 1.807) is 20.8 Å². The fraction of sp³-hybridized carbons (Fsp3) is 0.412. The van der Waals surface area contributed by atoms with Crippen LogP contribution in [0.5, 0.6) is 0 Å². The first kappa shape index (κ1) is 17.1. The molecule has 124 valence electrons. The molecule has 2 aromatic rings. The van der Waals surface area contributed by atoms with Gasteiger partial charge < -0.3 is 9.84 Å². The smallest absolute Gasteiger partial charge is 0.228 e. The van der Waals surface area contributed by atoms with Crippen molar-refractivity contribution in [1.82, 2.24) is 10.5 Å². The lowest BCUT2D eigenvalue weighted by Gasteiger charge is -2.20. The van der Waals surface area contributed by atoms with Gasteiger partial charge in [0.05, 0.1) is 17.7 Å². The normalized spacial score (nSPS) is 13.7. The summed E-state index contributed by atoms with van der Waals surface area (Å²) in [5, 5.41) is 6.72. The van der Waals surface area contributed by atoms with Crippen molar-refractivity contribution in [1.29, 1.82) is 0 Å². The minimum Gasteiger partial charge on any atom is -0.361 e. The molecule has 1 amide bonds. The van der Waals surface area contributed by atoms with Crippen LogP contribution in [0.25, 0.3) is 0 Å². The summed E-state index contributed by atoms with van der Waals surface area (Å²) in [6, 6.07) is 3.17. The zero-order valence-electron chi connectivity index (χ0n) is 13.6. The van der Waals surface area contributed by atoms with Crippen LogP contribution in [0.3, 0.4) is 0 Å². The Kier molecular flexibility index (Phi) is 5.13. The van der Waals surface area contributed by atoms with Gasteiger partial charge in [0.2, 0.25) is 5.91 Å². The SMILES string of the molecule is CC[C@H](C(=O)N[C@H](C)c1ccc(F)c(F)c1)c1c(C)noc1C. The molecule has 1 N–H and O–H groups in total. The Bertz CT molecular complexity index is 693. The first-order chi connectivity index (χ1) is 10.8. The predicted octanol–water partition coefficient (Wildman–Crippen LogP) is 3.94. The van der Waals surface area contributed by atoms with Gasteiger partial charge in [-0.3, -0.25) is 4.79 Å². The van der Waals surface area contributed by atoms with E-state index in [9.17, 15) is 13.6 Å². The van der Waals surface area contributed by atoms with Gasteiger partial charge in [-0.25, -0.2) is 8.78 Å². The summed E-state index contributed by atoms with van der Waals surface area (Å²) in [4.78, 5) is 12.6. The van der Waals surface area contributed by atoms with Gasteiger partial charge in [0.15, 0.2) is 11.6 Å². The number of benzene rings is 1. The van der Waals surface area contributed by atoms with Gasteiger partial charge in [0, 0.05) is 5.56 Å². The van der Waals surface area contributed by atoms with Gasteiger partial charge in [-0.1, -0.05) is 18.1 Å². The minimum absolute atomic E-state index is 0.195. The zero-order valence-corrected chi connectivity index (χ0v) is 13.6. The number of carbonyl (C=O) groups is 1. The largest absolute Gasteiger partial charge is 0.361 e. The fourth-order valence-electron chi connectivity index (χ4n) is 2.69. The van der Waals surface area contributed by atoms with Crippen LogP contribution in [0.15, 0.2) is 22.7 Å². The molecule has 6 heteroatoms.